The maximum Gasteiger partial charge on any atom is 0.127 e. The van der Waals surface area contributed by atoms with Gasteiger partial charge in [-0.25, -0.2) is 4.39 Å². The Morgan fingerprint density at radius 2 is 2.15 bits per heavy atom. The quantitative estimate of drug-likeness (QED) is 0.865. The van der Waals surface area contributed by atoms with E-state index in [9.17, 15) is 4.39 Å². The van der Waals surface area contributed by atoms with Crippen LogP contribution >= 0.6 is 35.1 Å². The molecule has 20 heavy (non-hydrogen) atoms. The third-order valence-electron chi connectivity index (χ3n) is 3.55. The lowest BCUT2D eigenvalue weighted by molar-refractivity contribution is 0.488. The van der Waals surface area contributed by atoms with Crippen molar-refractivity contribution in [2.75, 3.05) is 18.1 Å². The van der Waals surface area contributed by atoms with Gasteiger partial charge in [-0.05, 0) is 30.7 Å². The summed E-state index contributed by atoms with van der Waals surface area (Å²) in [6.45, 7) is 5.30. The summed E-state index contributed by atoms with van der Waals surface area (Å²) >= 11 is 9.86. The Morgan fingerprint density at radius 3 is 2.80 bits per heavy atom. The molecule has 1 fully saturated rings. The normalized spacial score (nSPS) is 24.6. The Balaban J connectivity index is 2.11. The average molecular weight is 334 g/mol. The first-order chi connectivity index (χ1) is 9.61. The highest BCUT2D eigenvalue weighted by atomic mass is 35.5. The predicted octanol–water partition coefficient (Wildman–Crippen LogP) is 4.24. The molecule has 0 amide bonds. The standard InChI is InChI=1S/C15H21ClFNS2/c1-3-18-14(15-10(2)19-6-7-20-15)8-11-4-5-12(16)9-13(11)17/h4-5,9-10,14-15,18H,3,6-8H2,1-2H3. The Kier molecular flexibility index (Phi) is 6.53. The molecule has 1 aliphatic rings. The van der Waals surface area contributed by atoms with Crippen molar-refractivity contribution in [1.82, 2.24) is 5.32 Å². The van der Waals surface area contributed by atoms with E-state index in [1.54, 1.807) is 6.07 Å². The average Bonchev–Trinajstić information content (AvgIpc) is 2.42. The Hall–Kier alpha value is 0.1000. The van der Waals surface area contributed by atoms with Gasteiger partial charge in [0.2, 0.25) is 0 Å². The smallest absolute Gasteiger partial charge is 0.127 e. The second kappa shape index (κ2) is 7.92. The molecule has 0 aromatic heterocycles. The topological polar surface area (TPSA) is 12.0 Å². The number of benzene rings is 1. The van der Waals surface area contributed by atoms with Gasteiger partial charge >= 0.3 is 0 Å². The van der Waals surface area contributed by atoms with Gasteiger partial charge in [0.25, 0.3) is 0 Å². The van der Waals surface area contributed by atoms with E-state index < -0.39 is 0 Å². The molecular weight excluding hydrogens is 313 g/mol. The summed E-state index contributed by atoms with van der Waals surface area (Å²) < 4.78 is 14.0. The first kappa shape index (κ1) is 16.5. The van der Waals surface area contributed by atoms with Crippen LogP contribution in [0, 0.1) is 5.82 Å². The fraction of sp³-hybridized carbons (Fsp3) is 0.600. The third-order valence-corrected chi connectivity index (χ3v) is 7.04. The van der Waals surface area contributed by atoms with E-state index in [0.29, 0.717) is 21.6 Å². The van der Waals surface area contributed by atoms with Crippen molar-refractivity contribution in [2.24, 2.45) is 0 Å². The maximum atomic E-state index is 14.0. The number of hydrogen-bond donors (Lipinski definition) is 1. The van der Waals surface area contributed by atoms with Gasteiger partial charge in [-0.1, -0.05) is 31.5 Å². The molecule has 1 aromatic rings. The molecule has 3 unspecified atom stereocenters. The van der Waals surface area contributed by atoms with Crippen LogP contribution in [0.3, 0.4) is 0 Å². The number of nitrogens with one attached hydrogen (secondary N) is 1. The van der Waals surface area contributed by atoms with Gasteiger partial charge in [-0.3, -0.25) is 0 Å². The molecule has 1 heterocycles. The first-order valence-electron chi connectivity index (χ1n) is 7.02. The van der Waals surface area contributed by atoms with E-state index in [4.69, 9.17) is 11.6 Å². The molecule has 1 saturated heterocycles. The Bertz CT molecular complexity index is 444. The van der Waals surface area contributed by atoms with Crippen molar-refractivity contribution in [3.8, 4) is 0 Å². The van der Waals surface area contributed by atoms with Gasteiger partial charge in [-0.2, -0.15) is 23.5 Å². The second-order valence-electron chi connectivity index (χ2n) is 5.02. The third kappa shape index (κ3) is 4.30. The van der Waals surface area contributed by atoms with Crippen LogP contribution in [0.1, 0.15) is 19.4 Å². The van der Waals surface area contributed by atoms with Crippen LogP contribution in [0.5, 0.6) is 0 Å². The van der Waals surface area contributed by atoms with E-state index >= 15 is 0 Å². The zero-order valence-corrected chi connectivity index (χ0v) is 14.3. The highest BCUT2D eigenvalue weighted by Crippen LogP contribution is 2.34. The number of likely N-dealkylation sites (N-methyl/N-ethyl adjacent to an activating group) is 1. The Labute approximate surface area is 134 Å². The summed E-state index contributed by atoms with van der Waals surface area (Å²) in [6.07, 6.45) is 0.722. The van der Waals surface area contributed by atoms with Gasteiger partial charge in [0.1, 0.15) is 5.82 Å². The van der Waals surface area contributed by atoms with Gasteiger partial charge < -0.3 is 5.32 Å². The molecule has 0 spiro atoms. The maximum absolute atomic E-state index is 14.0. The molecule has 0 aliphatic carbocycles. The van der Waals surface area contributed by atoms with Gasteiger partial charge in [0, 0.05) is 33.1 Å². The summed E-state index contributed by atoms with van der Waals surface area (Å²) in [4.78, 5) is 0. The summed E-state index contributed by atoms with van der Waals surface area (Å²) in [7, 11) is 0. The number of rotatable bonds is 5. The molecular formula is C15H21ClFNS2. The molecule has 112 valence electrons. The second-order valence-corrected chi connectivity index (χ2v) is 8.22. The van der Waals surface area contributed by atoms with Crippen LogP contribution in [-0.4, -0.2) is 34.6 Å². The minimum atomic E-state index is -0.193. The van der Waals surface area contributed by atoms with Crippen molar-refractivity contribution >= 4 is 35.1 Å². The molecule has 0 saturated carbocycles. The number of halogens is 2. The highest BCUT2D eigenvalue weighted by molar-refractivity contribution is 8.07. The molecule has 0 bridgehead atoms. The first-order valence-corrected chi connectivity index (χ1v) is 9.50. The van der Waals surface area contributed by atoms with Crippen molar-refractivity contribution < 1.29 is 4.39 Å². The zero-order chi connectivity index (χ0) is 14.5. The van der Waals surface area contributed by atoms with Crippen molar-refractivity contribution in [1.29, 1.82) is 0 Å². The lowest BCUT2D eigenvalue weighted by Crippen LogP contribution is -2.45. The molecule has 5 heteroatoms. The van der Waals surface area contributed by atoms with Crippen molar-refractivity contribution in [2.45, 2.75) is 36.8 Å². The van der Waals surface area contributed by atoms with Crippen LogP contribution in [0.4, 0.5) is 4.39 Å². The van der Waals surface area contributed by atoms with E-state index in [1.807, 2.05) is 29.6 Å². The zero-order valence-electron chi connectivity index (χ0n) is 11.9. The Morgan fingerprint density at radius 1 is 1.40 bits per heavy atom. The van der Waals surface area contributed by atoms with Gasteiger partial charge in [0.05, 0.1) is 0 Å². The number of thioether (sulfide) groups is 2. The monoisotopic (exact) mass is 333 g/mol. The summed E-state index contributed by atoms with van der Waals surface area (Å²) in [5.74, 6) is 2.21. The summed E-state index contributed by atoms with van der Waals surface area (Å²) in [5, 5.41) is 5.14. The molecule has 1 aromatic carbocycles. The molecule has 1 nitrogen and oxygen atoms in total. The fourth-order valence-electron chi connectivity index (χ4n) is 2.58. The molecule has 0 radical (unpaired) electrons. The lowest BCUT2D eigenvalue weighted by Gasteiger charge is -2.35. The molecule has 1 N–H and O–H groups in total. The minimum absolute atomic E-state index is 0.193. The van der Waals surface area contributed by atoms with Gasteiger partial charge in [0.15, 0.2) is 0 Å². The van der Waals surface area contributed by atoms with Crippen LogP contribution in [0.2, 0.25) is 5.02 Å². The fourth-order valence-corrected chi connectivity index (χ4v) is 5.70. The van der Waals surface area contributed by atoms with Crippen LogP contribution in [0.25, 0.3) is 0 Å². The predicted molar refractivity (Wildman–Crippen MR) is 90.7 cm³/mol. The van der Waals surface area contributed by atoms with E-state index in [-0.39, 0.29) is 5.82 Å². The molecule has 3 atom stereocenters. The largest absolute Gasteiger partial charge is 0.313 e. The van der Waals surface area contributed by atoms with Crippen molar-refractivity contribution in [3.05, 3.63) is 34.6 Å². The van der Waals surface area contributed by atoms with Gasteiger partial charge in [-0.15, -0.1) is 0 Å². The minimum Gasteiger partial charge on any atom is -0.313 e. The van der Waals surface area contributed by atoms with E-state index in [0.717, 1.165) is 18.5 Å². The number of hydrogen-bond acceptors (Lipinski definition) is 3. The lowest BCUT2D eigenvalue weighted by atomic mass is 10.0. The molecule has 1 aliphatic heterocycles. The van der Waals surface area contributed by atoms with Crippen molar-refractivity contribution in [3.63, 3.8) is 0 Å². The summed E-state index contributed by atoms with van der Waals surface area (Å²) in [5.41, 5.74) is 0.753. The SMILES string of the molecule is CCNC(Cc1ccc(Cl)cc1F)C1SCCSC1C. The summed E-state index contributed by atoms with van der Waals surface area (Å²) in [6, 6.07) is 5.30. The molecule has 2 rings (SSSR count). The van der Waals surface area contributed by atoms with Crippen LogP contribution in [0.15, 0.2) is 18.2 Å². The van der Waals surface area contributed by atoms with Crippen LogP contribution < -0.4 is 5.32 Å². The van der Waals surface area contributed by atoms with E-state index in [1.165, 1.54) is 17.6 Å². The highest BCUT2D eigenvalue weighted by Gasteiger charge is 2.30. The van der Waals surface area contributed by atoms with Crippen LogP contribution in [-0.2, 0) is 6.42 Å². The van der Waals surface area contributed by atoms with E-state index in [2.05, 4.69) is 19.2 Å².